The highest BCUT2D eigenvalue weighted by atomic mass is 32.2. The molecule has 0 saturated heterocycles. The lowest BCUT2D eigenvalue weighted by Crippen LogP contribution is -2.22. The van der Waals surface area contributed by atoms with Gasteiger partial charge < -0.3 is 14.0 Å². The number of rotatable bonds is 5. The number of ether oxygens (including phenoxy) is 2. The van der Waals surface area contributed by atoms with Crippen LogP contribution in [0, 0.1) is 5.82 Å². The highest BCUT2D eigenvalue weighted by Crippen LogP contribution is 2.24. The number of hydrogen-bond donors (Lipinski definition) is 0. The summed E-state index contributed by atoms with van der Waals surface area (Å²) in [5.74, 6) is -0.517. The third-order valence-corrected chi connectivity index (χ3v) is 6.15. The van der Waals surface area contributed by atoms with Crippen molar-refractivity contribution in [3.63, 3.8) is 0 Å². The van der Waals surface area contributed by atoms with Crippen LogP contribution in [-0.2, 0) is 26.1 Å². The van der Waals surface area contributed by atoms with E-state index in [0.29, 0.717) is 16.0 Å². The minimum Gasteiger partial charge on any atom is -0.497 e. The van der Waals surface area contributed by atoms with E-state index in [9.17, 15) is 17.6 Å². The maximum atomic E-state index is 13.1. The molecule has 0 atom stereocenters. The number of methoxy groups -OCH3 is 2. The van der Waals surface area contributed by atoms with Gasteiger partial charge in [0.1, 0.15) is 18.1 Å². The Hall–Kier alpha value is -2.72. The zero-order valence-corrected chi connectivity index (χ0v) is 16.0. The summed E-state index contributed by atoms with van der Waals surface area (Å²) in [7, 11) is -1.34. The maximum absolute atomic E-state index is 13.1. The van der Waals surface area contributed by atoms with E-state index in [1.165, 1.54) is 18.8 Å². The second-order valence-electron chi connectivity index (χ2n) is 5.40. The van der Waals surface area contributed by atoms with Crippen LogP contribution in [0.1, 0.15) is 0 Å². The molecule has 10 heteroatoms. The second kappa shape index (κ2) is 7.49. The summed E-state index contributed by atoms with van der Waals surface area (Å²) in [6.07, 6.45) is 0. The molecule has 0 bridgehead atoms. The maximum Gasteiger partial charge on any atom is 0.325 e. The molecular formula is C17H15FN2O5S2. The number of aromatic nitrogens is 1. The molecule has 0 spiro atoms. The fraction of sp³-hybridized carbons (Fsp3) is 0.176. The Morgan fingerprint density at radius 2 is 1.89 bits per heavy atom. The summed E-state index contributed by atoms with van der Waals surface area (Å²) in [6, 6.07) is 9.47. The summed E-state index contributed by atoms with van der Waals surface area (Å²) >= 11 is 1.09. The Kier molecular flexibility index (Phi) is 5.29. The average molecular weight is 410 g/mol. The lowest BCUT2D eigenvalue weighted by molar-refractivity contribution is -0.141. The van der Waals surface area contributed by atoms with E-state index >= 15 is 0 Å². The van der Waals surface area contributed by atoms with Gasteiger partial charge in [-0.2, -0.15) is 8.42 Å². The lowest BCUT2D eigenvalue weighted by Gasteiger charge is -2.04. The predicted octanol–water partition coefficient (Wildman–Crippen LogP) is 2.31. The second-order valence-corrected chi connectivity index (χ2v) is 8.01. The summed E-state index contributed by atoms with van der Waals surface area (Å²) in [4.78, 5) is 11.7. The lowest BCUT2D eigenvalue weighted by atomic mass is 10.3. The van der Waals surface area contributed by atoms with Gasteiger partial charge in [0, 0.05) is 0 Å². The Morgan fingerprint density at radius 3 is 2.52 bits per heavy atom. The molecule has 0 radical (unpaired) electrons. The summed E-state index contributed by atoms with van der Waals surface area (Å²) in [5.41, 5.74) is 0.610. The molecule has 0 N–H and O–H groups in total. The van der Waals surface area contributed by atoms with E-state index in [2.05, 4.69) is 9.13 Å². The number of fused-ring (bicyclic) bond motifs is 1. The van der Waals surface area contributed by atoms with E-state index in [4.69, 9.17) is 4.74 Å². The number of thiazole rings is 1. The topological polar surface area (TPSA) is 87.0 Å². The van der Waals surface area contributed by atoms with Crippen LogP contribution in [0.5, 0.6) is 5.75 Å². The first-order chi connectivity index (χ1) is 12.8. The van der Waals surface area contributed by atoms with Crippen LogP contribution in [0.2, 0.25) is 0 Å². The Labute approximate surface area is 158 Å². The highest BCUT2D eigenvalue weighted by Gasteiger charge is 2.17. The first-order valence-electron chi connectivity index (χ1n) is 7.65. The molecule has 0 aliphatic heterocycles. The van der Waals surface area contributed by atoms with Gasteiger partial charge in [-0.3, -0.25) is 4.79 Å². The molecule has 2 aromatic carbocycles. The van der Waals surface area contributed by atoms with Crippen molar-refractivity contribution in [1.82, 2.24) is 4.57 Å². The number of esters is 1. The van der Waals surface area contributed by atoms with E-state index in [1.807, 2.05) is 0 Å². The van der Waals surface area contributed by atoms with Crippen molar-refractivity contribution in [2.24, 2.45) is 4.40 Å². The number of benzene rings is 2. The largest absolute Gasteiger partial charge is 0.497 e. The minimum absolute atomic E-state index is 0.0907. The first kappa shape index (κ1) is 19.1. The zero-order chi connectivity index (χ0) is 19.6. The molecule has 0 aliphatic rings. The molecule has 142 valence electrons. The quantitative estimate of drug-likeness (QED) is 0.603. The molecular weight excluding hydrogens is 395 g/mol. The summed E-state index contributed by atoms with van der Waals surface area (Å²) in [6.45, 7) is -0.208. The van der Waals surface area contributed by atoms with Crippen LogP contribution in [0.15, 0.2) is 51.8 Å². The Balaban J connectivity index is 2.21. The van der Waals surface area contributed by atoms with Gasteiger partial charge in [-0.15, -0.1) is 4.40 Å². The third-order valence-electron chi connectivity index (χ3n) is 3.71. The van der Waals surface area contributed by atoms with Crippen molar-refractivity contribution < 1.29 is 27.1 Å². The van der Waals surface area contributed by atoms with E-state index in [-0.39, 0.29) is 16.2 Å². The average Bonchev–Trinajstić information content (AvgIpc) is 2.97. The van der Waals surface area contributed by atoms with Crippen molar-refractivity contribution in [2.45, 2.75) is 11.4 Å². The van der Waals surface area contributed by atoms with Crippen molar-refractivity contribution in [3.8, 4) is 5.75 Å². The van der Waals surface area contributed by atoms with Gasteiger partial charge in [-0.1, -0.05) is 11.3 Å². The van der Waals surface area contributed by atoms with E-state index in [0.717, 1.165) is 35.6 Å². The van der Waals surface area contributed by atoms with Crippen LogP contribution >= 0.6 is 11.3 Å². The first-order valence-corrected chi connectivity index (χ1v) is 9.90. The monoisotopic (exact) mass is 410 g/mol. The zero-order valence-electron chi connectivity index (χ0n) is 14.4. The van der Waals surface area contributed by atoms with E-state index in [1.54, 1.807) is 18.2 Å². The molecule has 0 aliphatic carbocycles. The van der Waals surface area contributed by atoms with Gasteiger partial charge in [0.15, 0.2) is 0 Å². The van der Waals surface area contributed by atoms with Crippen molar-refractivity contribution in [2.75, 3.05) is 14.2 Å². The number of nitrogens with zero attached hydrogens (tertiary/aromatic N) is 2. The molecule has 0 saturated carbocycles. The molecule has 1 heterocycles. The molecule has 1 aromatic heterocycles. The van der Waals surface area contributed by atoms with Crippen LogP contribution in [0.3, 0.4) is 0 Å². The molecule has 3 aromatic rings. The van der Waals surface area contributed by atoms with Crippen molar-refractivity contribution in [1.29, 1.82) is 0 Å². The van der Waals surface area contributed by atoms with Gasteiger partial charge in [-0.25, -0.2) is 4.39 Å². The van der Waals surface area contributed by atoms with Crippen LogP contribution < -0.4 is 9.54 Å². The van der Waals surface area contributed by atoms with Crippen LogP contribution in [-0.4, -0.2) is 33.2 Å². The number of hydrogen-bond acceptors (Lipinski definition) is 6. The fourth-order valence-corrected chi connectivity index (χ4v) is 4.62. The molecule has 3 rings (SSSR count). The smallest absolute Gasteiger partial charge is 0.325 e. The summed E-state index contributed by atoms with van der Waals surface area (Å²) < 4.78 is 54.1. The van der Waals surface area contributed by atoms with E-state index < -0.39 is 21.8 Å². The number of sulfonamides is 1. The van der Waals surface area contributed by atoms with Gasteiger partial charge >= 0.3 is 5.97 Å². The number of carbonyl (C=O) groups is 1. The van der Waals surface area contributed by atoms with Gasteiger partial charge in [0.25, 0.3) is 10.0 Å². The van der Waals surface area contributed by atoms with Crippen molar-refractivity contribution >= 4 is 37.5 Å². The van der Waals surface area contributed by atoms with Crippen LogP contribution in [0.25, 0.3) is 10.2 Å². The molecule has 0 fully saturated rings. The van der Waals surface area contributed by atoms with Gasteiger partial charge in [0.2, 0.25) is 4.80 Å². The molecule has 7 nitrogen and oxygen atoms in total. The molecule has 0 unspecified atom stereocenters. The normalized spacial score (nSPS) is 12.3. The summed E-state index contributed by atoms with van der Waals surface area (Å²) in [5, 5.41) is 0. The fourth-order valence-electron chi connectivity index (χ4n) is 2.36. The highest BCUT2D eigenvalue weighted by molar-refractivity contribution is 7.90. The molecule has 0 amide bonds. The SMILES string of the molecule is COC(=O)Cn1c(=NS(=O)(=O)c2ccc(F)cc2)sc2cc(OC)ccc21. The number of halogens is 1. The Morgan fingerprint density at radius 1 is 1.19 bits per heavy atom. The molecule has 27 heavy (non-hydrogen) atoms. The van der Waals surface area contributed by atoms with Crippen molar-refractivity contribution in [3.05, 3.63) is 53.1 Å². The van der Waals surface area contributed by atoms with Gasteiger partial charge in [0.05, 0.1) is 29.3 Å². The number of carbonyl (C=O) groups excluding carboxylic acids is 1. The third kappa shape index (κ3) is 4.01. The Bertz CT molecular complexity index is 1160. The van der Waals surface area contributed by atoms with Gasteiger partial charge in [-0.05, 0) is 42.5 Å². The standard InChI is InChI=1S/C17H15FN2O5S2/c1-24-12-5-8-14-15(9-12)26-17(20(14)10-16(21)25-2)19-27(22,23)13-6-3-11(18)4-7-13/h3-9H,10H2,1-2H3. The minimum atomic E-state index is -4.09. The van der Waals surface area contributed by atoms with Crippen LogP contribution in [0.4, 0.5) is 4.39 Å². The predicted molar refractivity (Wildman–Crippen MR) is 97.5 cm³/mol.